The molecule has 2 aromatic carbocycles. The number of aromatic carboxylic acids is 1. The fraction of sp³-hybridized carbons (Fsp3) is 0. The molecule has 0 fully saturated rings. The molecule has 17 heavy (non-hydrogen) atoms. The molecule has 86 valence electrons. The normalized spacial score (nSPS) is 10.2. The molecule has 2 rings (SSSR count). The molecule has 0 amide bonds. The monoisotopic (exact) mass is 266 g/mol. The van der Waals surface area contributed by atoms with Gasteiger partial charge in [0.1, 0.15) is 0 Å². The summed E-state index contributed by atoms with van der Waals surface area (Å²) in [7, 11) is 0. The molecule has 2 aromatic rings. The Balaban J connectivity index is 2.39. The molecule has 0 aliphatic rings. The topological polar surface area (TPSA) is 37.3 Å². The molecule has 0 atom stereocenters. The van der Waals surface area contributed by atoms with Crippen LogP contribution in [0.5, 0.6) is 0 Å². The average molecular weight is 267 g/mol. The summed E-state index contributed by atoms with van der Waals surface area (Å²) < 4.78 is 0. The molecule has 0 heterocycles. The summed E-state index contributed by atoms with van der Waals surface area (Å²) in [6.07, 6.45) is 0. The minimum absolute atomic E-state index is 0.258. The zero-order valence-electron chi connectivity index (χ0n) is 8.65. The summed E-state index contributed by atoms with van der Waals surface area (Å²) in [4.78, 5) is 10.7. The van der Waals surface area contributed by atoms with Gasteiger partial charge in [-0.3, -0.25) is 0 Å². The molecule has 0 radical (unpaired) electrons. The number of benzene rings is 2. The molecule has 0 aliphatic heterocycles. The predicted molar refractivity (Wildman–Crippen MR) is 68.9 cm³/mol. The molecule has 0 aromatic heterocycles. The van der Waals surface area contributed by atoms with E-state index < -0.39 is 5.97 Å². The Hall–Kier alpha value is -1.51. The van der Waals surface area contributed by atoms with Crippen LogP contribution >= 0.6 is 23.2 Å². The van der Waals surface area contributed by atoms with E-state index >= 15 is 0 Å². The molecule has 0 unspecified atom stereocenters. The van der Waals surface area contributed by atoms with Gasteiger partial charge in [0.25, 0.3) is 0 Å². The fourth-order valence-electron chi connectivity index (χ4n) is 1.48. The van der Waals surface area contributed by atoms with Crippen LogP contribution in [0.3, 0.4) is 0 Å². The van der Waals surface area contributed by atoms with Crippen LogP contribution in [0, 0.1) is 0 Å². The first kappa shape index (κ1) is 12.0. The van der Waals surface area contributed by atoms with Gasteiger partial charge in [0.2, 0.25) is 0 Å². The second-order valence-corrected chi connectivity index (χ2v) is 4.33. The summed E-state index contributed by atoms with van der Waals surface area (Å²) >= 11 is 11.7. The molecule has 0 spiro atoms. The SMILES string of the molecule is O=C(O)c1ccc(-c2ccc(Cl)c(Cl)c2)cc1. The molecule has 1 N–H and O–H groups in total. The second-order valence-electron chi connectivity index (χ2n) is 3.51. The van der Waals surface area contributed by atoms with Crippen LogP contribution < -0.4 is 0 Å². The predicted octanol–water partition coefficient (Wildman–Crippen LogP) is 4.36. The third-order valence-electron chi connectivity index (χ3n) is 2.38. The summed E-state index contributed by atoms with van der Waals surface area (Å²) in [6, 6.07) is 11.9. The van der Waals surface area contributed by atoms with Gasteiger partial charge < -0.3 is 5.11 Å². The lowest BCUT2D eigenvalue weighted by molar-refractivity contribution is 0.0697. The Bertz CT molecular complexity index is 562. The highest BCUT2D eigenvalue weighted by molar-refractivity contribution is 6.42. The van der Waals surface area contributed by atoms with Crippen molar-refractivity contribution in [2.45, 2.75) is 0 Å². The zero-order valence-corrected chi connectivity index (χ0v) is 10.2. The van der Waals surface area contributed by atoms with Crippen molar-refractivity contribution in [2.75, 3.05) is 0 Å². The van der Waals surface area contributed by atoms with Crippen LogP contribution in [0.4, 0.5) is 0 Å². The lowest BCUT2D eigenvalue weighted by atomic mass is 10.0. The molecular formula is C13H8Cl2O2. The van der Waals surface area contributed by atoms with Gasteiger partial charge in [-0.2, -0.15) is 0 Å². The fourth-order valence-corrected chi connectivity index (χ4v) is 1.78. The van der Waals surface area contributed by atoms with E-state index in [4.69, 9.17) is 28.3 Å². The van der Waals surface area contributed by atoms with Crippen molar-refractivity contribution >= 4 is 29.2 Å². The number of carboxylic acid groups (broad SMARTS) is 1. The van der Waals surface area contributed by atoms with Crippen LogP contribution in [-0.2, 0) is 0 Å². The van der Waals surface area contributed by atoms with E-state index in [1.807, 2.05) is 6.07 Å². The highest BCUT2D eigenvalue weighted by Crippen LogP contribution is 2.28. The number of rotatable bonds is 2. The number of carbonyl (C=O) groups is 1. The van der Waals surface area contributed by atoms with E-state index in [0.717, 1.165) is 11.1 Å². The van der Waals surface area contributed by atoms with Gasteiger partial charge in [0.15, 0.2) is 0 Å². The first-order valence-corrected chi connectivity index (χ1v) is 5.62. The Morgan fingerprint density at radius 2 is 1.47 bits per heavy atom. The Labute approximate surface area is 108 Å². The molecule has 0 bridgehead atoms. The highest BCUT2D eigenvalue weighted by atomic mass is 35.5. The maximum Gasteiger partial charge on any atom is 0.335 e. The standard InChI is InChI=1S/C13H8Cl2O2/c14-11-6-5-10(7-12(11)15)8-1-3-9(4-2-8)13(16)17/h1-7H,(H,16,17). The van der Waals surface area contributed by atoms with Gasteiger partial charge in [0.05, 0.1) is 15.6 Å². The van der Waals surface area contributed by atoms with E-state index in [0.29, 0.717) is 10.0 Å². The zero-order chi connectivity index (χ0) is 12.4. The number of hydrogen-bond acceptors (Lipinski definition) is 1. The third-order valence-corrected chi connectivity index (χ3v) is 3.12. The van der Waals surface area contributed by atoms with Gasteiger partial charge in [-0.25, -0.2) is 4.79 Å². The van der Waals surface area contributed by atoms with Crippen LogP contribution in [0.15, 0.2) is 42.5 Å². The van der Waals surface area contributed by atoms with Crippen LogP contribution in [0.1, 0.15) is 10.4 Å². The summed E-state index contributed by atoms with van der Waals surface area (Å²) in [6.45, 7) is 0. The second kappa shape index (κ2) is 4.78. The van der Waals surface area contributed by atoms with Gasteiger partial charge in [0, 0.05) is 0 Å². The van der Waals surface area contributed by atoms with Gasteiger partial charge in [-0.15, -0.1) is 0 Å². The molecule has 0 aliphatic carbocycles. The average Bonchev–Trinajstić information content (AvgIpc) is 2.33. The Morgan fingerprint density at radius 1 is 0.882 bits per heavy atom. The molecule has 4 heteroatoms. The smallest absolute Gasteiger partial charge is 0.335 e. The van der Waals surface area contributed by atoms with Gasteiger partial charge in [-0.05, 0) is 35.4 Å². The molecule has 0 saturated heterocycles. The van der Waals surface area contributed by atoms with Crippen molar-refractivity contribution in [2.24, 2.45) is 0 Å². The minimum Gasteiger partial charge on any atom is -0.478 e. The molecule has 0 saturated carbocycles. The van der Waals surface area contributed by atoms with Crippen molar-refractivity contribution in [1.29, 1.82) is 0 Å². The maximum absolute atomic E-state index is 10.7. The largest absolute Gasteiger partial charge is 0.478 e. The van der Waals surface area contributed by atoms with Crippen molar-refractivity contribution in [3.63, 3.8) is 0 Å². The quantitative estimate of drug-likeness (QED) is 0.877. The summed E-state index contributed by atoms with van der Waals surface area (Å²) in [5.41, 5.74) is 2.05. The van der Waals surface area contributed by atoms with Crippen LogP contribution in [0.25, 0.3) is 11.1 Å². The van der Waals surface area contributed by atoms with Crippen molar-refractivity contribution < 1.29 is 9.90 Å². The van der Waals surface area contributed by atoms with E-state index in [1.165, 1.54) is 0 Å². The molecule has 2 nitrogen and oxygen atoms in total. The Morgan fingerprint density at radius 3 is 2.00 bits per heavy atom. The maximum atomic E-state index is 10.7. The summed E-state index contributed by atoms with van der Waals surface area (Å²) in [5, 5.41) is 9.76. The summed E-state index contributed by atoms with van der Waals surface area (Å²) in [5.74, 6) is -0.939. The first-order chi connectivity index (χ1) is 8.08. The number of halogens is 2. The third kappa shape index (κ3) is 2.60. The lowest BCUT2D eigenvalue weighted by Gasteiger charge is -2.04. The highest BCUT2D eigenvalue weighted by Gasteiger charge is 2.04. The van der Waals surface area contributed by atoms with Crippen molar-refractivity contribution in [3.05, 3.63) is 58.1 Å². The van der Waals surface area contributed by atoms with E-state index in [-0.39, 0.29) is 5.56 Å². The van der Waals surface area contributed by atoms with E-state index in [2.05, 4.69) is 0 Å². The lowest BCUT2D eigenvalue weighted by Crippen LogP contribution is -1.94. The number of hydrogen-bond donors (Lipinski definition) is 1. The van der Waals surface area contributed by atoms with Crippen LogP contribution in [-0.4, -0.2) is 11.1 Å². The van der Waals surface area contributed by atoms with E-state index in [1.54, 1.807) is 36.4 Å². The Kier molecular flexibility index (Phi) is 3.36. The van der Waals surface area contributed by atoms with E-state index in [9.17, 15) is 4.79 Å². The van der Waals surface area contributed by atoms with Gasteiger partial charge in [-0.1, -0.05) is 41.4 Å². The van der Waals surface area contributed by atoms with Crippen LogP contribution in [0.2, 0.25) is 10.0 Å². The van der Waals surface area contributed by atoms with Crippen molar-refractivity contribution in [1.82, 2.24) is 0 Å². The van der Waals surface area contributed by atoms with Crippen molar-refractivity contribution in [3.8, 4) is 11.1 Å². The first-order valence-electron chi connectivity index (χ1n) is 4.87. The van der Waals surface area contributed by atoms with Gasteiger partial charge >= 0.3 is 5.97 Å². The minimum atomic E-state index is -0.939. The number of carboxylic acids is 1. The molecular weight excluding hydrogens is 259 g/mol.